The van der Waals surface area contributed by atoms with Gasteiger partial charge in [-0.3, -0.25) is 14.4 Å². The number of hydrogen-bond acceptors (Lipinski definition) is 4. The molecule has 1 saturated heterocycles. The molecular formula is C21H23N3O4. The highest BCUT2D eigenvalue weighted by Crippen LogP contribution is 2.21. The number of benzene rings is 2. The van der Waals surface area contributed by atoms with Crippen molar-refractivity contribution in [3.05, 3.63) is 60.2 Å². The van der Waals surface area contributed by atoms with Crippen LogP contribution in [0.5, 0.6) is 11.5 Å². The number of nitrogens with two attached hydrogens (primary N) is 1. The van der Waals surface area contributed by atoms with Crippen molar-refractivity contribution >= 4 is 17.7 Å². The summed E-state index contributed by atoms with van der Waals surface area (Å²) in [5.74, 6) is 0.351. The van der Waals surface area contributed by atoms with Crippen molar-refractivity contribution in [2.45, 2.75) is 12.8 Å². The number of rotatable bonds is 6. The normalized spacial score (nSPS) is 14.4. The summed E-state index contributed by atoms with van der Waals surface area (Å²) in [4.78, 5) is 37.3. The van der Waals surface area contributed by atoms with E-state index in [2.05, 4.69) is 5.32 Å². The second kappa shape index (κ2) is 9.03. The Hall–Kier alpha value is -3.35. The van der Waals surface area contributed by atoms with Gasteiger partial charge in [0, 0.05) is 24.6 Å². The maximum Gasteiger partial charge on any atom is 0.251 e. The third-order valence-electron chi connectivity index (χ3n) is 4.75. The van der Waals surface area contributed by atoms with Gasteiger partial charge >= 0.3 is 0 Å². The second-order valence-electron chi connectivity index (χ2n) is 6.68. The van der Waals surface area contributed by atoms with E-state index in [-0.39, 0.29) is 30.2 Å². The monoisotopic (exact) mass is 381 g/mol. The van der Waals surface area contributed by atoms with Crippen LogP contribution < -0.4 is 15.8 Å². The number of nitrogens with one attached hydrogen (secondary N) is 1. The molecule has 28 heavy (non-hydrogen) atoms. The van der Waals surface area contributed by atoms with E-state index in [1.54, 1.807) is 29.2 Å². The fraction of sp³-hybridized carbons (Fsp3) is 0.286. The van der Waals surface area contributed by atoms with Crippen LogP contribution >= 0.6 is 0 Å². The Labute approximate surface area is 163 Å². The van der Waals surface area contributed by atoms with E-state index in [9.17, 15) is 14.4 Å². The van der Waals surface area contributed by atoms with E-state index < -0.39 is 0 Å². The molecule has 1 fully saturated rings. The van der Waals surface area contributed by atoms with Crippen LogP contribution in [0.25, 0.3) is 0 Å². The van der Waals surface area contributed by atoms with Gasteiger partial charge in [-0.25, -0.2) is 0 Å². The highest BCUT2D eigenvalue weighted by atomic mass is 16.5. The summed E-state index contributed by atoms with van der Waals surface area (Å²) in [6.07, 6.45) is 1.13. The summed E-state index contributed by atoms with van der Waals surface area (Å²) >= 11 is 0. The predicted molar refractivity (Wildman–Crippen MR) is 104 cm³/mol. The van der Waals surface area contributed by atoms with Crippen molar-refractivity contribution in [1.82, 2.24) is 10.2 Å². The maximum atomic E-state index is 12.3. The van der Waals surface area contributed by atoms with E-state index in [1.165, 1.54) is 0 Å². The van der Waals surface area contributed by atoms with Crippen molar-refractivity contribution in [1.29, 1.82) is 0 Å². The first-order chi connectivity index (χ1) is 13.5. The Bertz CT molecular complexity index is 828. The highest BCUT2D eigenvalue weighted by Gasteiger charge is 2.25. The molecule has 1 heterocycles. The van der Waals surface area contributed by atoms with Crippen LogP contribution in [0.15, 0.2) is 54.6 Å². The van der Waals surface area contributed by atoms with Gasteiger partial charge in [0.25, 0.3) is 5.91 Å². The van der Waals surface area contributed by atoms with E-state index in [0.29, 0.717) is 43.0 Å². The van der Waals surface area contributed by atoms with Crippen LogP contribution in [0.4, 0.5) is 0 Å². The van der Waals surface area contributed by atoms with Crippen LogP contribution in [0.2, 0.25) is 0 Å². The lowest BCUT2D eigenvalue weighted by atomic mass is 9.96. The molecule has 146 valence electrons. The van der Waals surface area contributed by atoms with E-state index in [4.69, 9.17) is 10.5 Å². The van der Waals surface area contributed by atoms with Crippen molar-refractivity contribution < 1.29 is 19.1 Å². The van der Waals surface area contributed by atoms with E-state index >= 15 is 0 Å². The standard InChI is InChI=1S/C21H23N3O4/c22-20(26)15-10-12-24(13-11-15)19(25)14-23-21(27)16-6-8-18(9-7-16)28-17-4-2-1-3-5-17/h1-9,15H,10-14H2,(H2,22,26)(H,23,27). The summed E-state index contributed by atoms with van der Waals surface area (Å²) in [6.45, 7) is 0.879. The molecule has 0 radical (unpaired) electrons. The SMILES string of the molecule is NC(=O)C1CCN(C(=O)CNC(=O)c2ccc(Oc3ccccc3)cc2)CC1. The minimum Gasteiger partial charge on any atom is -0.457 e. The lowest BCUT2D eigenvalue weighted by Crippen LogP contribution is -2.45. The number of piperidine rings is 1. The third kappa shape index (κ3) is 5.09. The molecule has 3 rings (SSSR count). The Morgan fingerprint density at radius 3 is 2.18 bits per heavy atom. The Morgan fingerprint density at radius 2 is 1.57 bits per heavy atom. The minimum absolute atomic E-state index is 0.0810. The number of para-hydroxylation sites is 1. The van der Waals surface area contributed by atoms with Gasteiger partial charge in [-0.1, -0.05) is 18.2 Å². The molecule has 2 aromatic carbocycles. The molecule has 7 nitrogen and oxygen atoms in total. The van der Waals surface area contributed by atoms with Gasteiger partial charge in [0.15, 0.2) is 0 Å². The van der Waals surface area contributed by atoms with Crippen LogP contribution in [-0.2, 0) is 9.59 Å². The number of likely N-dealkylation sites (tertiary alicyclic amines) is 1. The summed E-state index contributed by atoms with van der Waals surface area (Å²) < 4.78 is 5.69. The fourth-order valence-corrected chi connectivity index (χ4v) is 3.08. The Morgan fingerprint density at radius 1 is 0.964 bits per heavy atom. The molecule has 0 aromatic heterocycles. The zero-order valence-corrected chi connectivity index (χ0v) is 15.5. The van der Waals surface area contributed by atoms with Crippen LogP contribution in [-0.4, -0.2) is 42.3 Å². The van der Waals surface area contributed by atoms with Gasteiger partial charge in [-0.2, -0.15) is 0 Å². The summed E-state index contributed by atoms with van der Waals surface area (Å²) in [7, 11) is 0. The molecule has 3 amide bonds. The third-order valence-corrected chi connectivity index (χ3v) is 4.75. The lowest BCUT2D eigenvalue weighted by Gasteiger charge is -2.30. The molecule has 1 aliphatic heterocycles. The predicted octanol–water partition coefficient (Wildman–Crippen LogP) is 1.93. The van der Waals surface area contributed by atoms with Crippen molar-refractivity contribution in [2.75, 3.05) is 19.6 Å². The average molecular weight is 381 g/mol. The quantitative estimate of drug-likeness (QED) is 0.798. The molecule has 1 aliphatic rings. The number of carbonyl (C=O) groups excluding carboxylic acids is 3. The lowest BCUT2D eigenvalue weighted by molar-refractivity contribution is -0.133. The van der Waals surface area contributed by atoms with Crippen molar-refractivity contribution in [2.24, 2.45) is 11.7 Å². The van der Waals surface area contributed by atoms with Gasteiger partial charge in [-0.15, -0.1) is 0 Å². The van der Waals surface area contributed by atoms with E-state index in [1.807, 2.05) is 30.3 Å². The molecule has 3 N–H and O–H groups in total. The first-order valence-electron chi connectivity index (χ1n) is 9.21. The molecule has 0 bridgehead atoms. The van der Waals surface area contributed by atoms with Crippen LogP contribution in [0.3, 0.4) is 0 Å². The molecule has 0 atom stereocenters. The Balaban J connectivity index is 1.47. The van der Waals surface area contributed by atoms with Gasteiger partial charge < -0.3 is 20.7 Å². The summed E-state index contributed by atoms with van der Waals surface area (Å²) in [5.41, 5.74) is 5.74. The minimum atomic E-state index is -0.327. The van der Waals surface area contributed by atoms with Gasteiger partial charge in [0.1, 0.15) is 11.5 Å². The molecule has 0 unspecified atom stereocenters. The molecule has 0 saturated carbocycles. The smallest absolute Gasteiger partial charge is 0.251 e. The van der Waals surface area contributed by atoms with Gasteiger partial charge in [-0.05, 0) is 49.2 Å². The summed E-state index contributed by atoms with van der Waals surface area (Å²) in [5, 5.41) is 2.64. The number of nitrogens with zero attached hydrogens (tertiary/aromatic N) is 1. The first-order valence-corrected chi connectivity index (χ1v) is 9.21. The Kier molecular flexibility index (Phi) is 6.26. The molecule has 0 aliphatic carbocycles. The zero-order valence-electron chi connectivity index (χ0n) is 15.5. The summed E-state index contributed by atoms with van der Waals surface area (Å²) in [6, 6.07) is 16.1. The van der Waals surface area contributed by atoms with Gasteiger partial charge in [0.2, 0.25) is 11.8 Å². The zero-order chi connectivity index (χ0) is 19.9. The molecule has 7 heteroatoms. The average Bonchev–Trinajstić information content (AvgIpc) is 2.73. The molecule has 0 spiro atoms. The van der Waals surface area contributed by atoms with Gasteiger partial charge in [0.05, 0.1) is 6.54 Å². The number of ether oxygens (including phenoxy) is 1. The topological polar surface area (TPSA) is 102 Å². The second-order valence-corrected chi connectivity index (χ2v) is 6.68. The highest BCUT2D eigenvalue weighted by molar-refractivity contribution is 5.96. The fourth-order valence-electron chi connectivity index (χ4n) is 3.08. The first kappa shape index (κ1) is 19.4. The molecular weight excluding hydrogens is 358 g/mol. The van der Waals surface area contributed by atoms with Crippen LogP contribution in [0.1, 0.15) is 23.2 Å². The largest absolute Gasteiger partial charge is 0.457 e. The maximum absolute atomic E-state index is 12.3. The van der Waals surface area contributed by atoms with Crippen LogP contribution in [0, 0.1) is 5.92 Å². The van der Waals surface area contributed by atoms with Crippen molar-refractivity contribution in [3.63, 3.8) is 0 Å². The van der Waals surface area contributed by atoms with Crippen molar-refractivity contribution in [3.8, 4) is 11.5 Å². The molecule has 2 aromatic rings. The number of amides is 3. The van der Waals surface area contributed by atoms with E-state index in [0.717, 1.165) is 0 Å². The number of carbonyl (C=O) groups is 3. The number of primary amides is 1. The number of hydrogen-bond donors (Lipinski definition) is 2.